The van der Waals surface area contributed by atoms with E-state index >= 15 is 0 Å². The van der Waals surface area contributed by atoms with Crippen molar-refractivity contribution in [3.63, 3.8) is 0 Å². The van der Waals surface area contributed by atoms with Gasteiger partial charge in [0.1, 0.15) is 5.76 Å². The standard InChI is InChI=1S/C14H16BrNO/c1-10-5-3-4-6-13(10)11(2)16-9-12-7-8-14(15)17-12/h3-8,11,16H,9H2,1-2H3/t11-/m0/s1. The summed E-state index contributed by atoms with van der Waals surface area (Å²) in [6, 6.07) is 12.6. The average molecular weight is 294 g/mol. The molecule has 1 heterocycles. The van der Waals surface area contributed by atoms with Crippen LogP contribution in [0.15, 0.2) is 45.5 Å². The van der Waals surface area contributed by atoms with Crippen LogP contribution >= 0.6 is 15.9 Å². The van der Waals surface area contributed by atoms with Gasteiger partial charge in [0.05, 0.1) is 6.54 Å². The van der Waals surface area contributed by atoms with Crippen molar-refractivity contribution in [2.24, 2.45) is 0 Å². The average Bonchev–Trinajstić information content (AvgIpc) is 2.73. The Hall–Kier alpha value is -1.06. The van der Waals surface area contributed by atoms with Crippen molar-refractivity contribution in [3.8, 4) is 0 Å². The molecule has 1 aromatic heterocycles. The number of aryl methyl sites for hydroxylation is 1. The van der Waals surface area contributed by atoms with Crippen LogP contribution in [0.25, 0.3) is 0 Å². The lowest BCUT2D eigenvalue weighted by atomic mass is 10.0. The van der Waals surface area contributed by atoms with E-state index in [1.807, 2.05) is 12.1 Å². The Morgan fingerprint density at radius 3 is 2.65 bits per heavy atom. The Bertz CT molecular complexity index is 492. The Kier molecular flexibility index (Phi) is 4.02. The summed E-state index contributed by atoms with van der Waals surface area (Å²) in [5.41, 5.74) is 2.64. The quantitative estimate of drug-likeness (QED) is 0.914. The molecule has 0 saturated heterocycles. The highest BCUT2D eigenvalue weighted by atomic mass is 79.9. The molecule has 2 rings (SSSR count). The lowest BCUT2D eigenvalue weighted by molar-refractivity contribution is 0.446. The zero-order chi connectivity index (χ0) is 12.3. The number of nitrogens with one attached hydrogen (secondary N) is 1. The van der Waals surface area contributed by atoms with Gasteiger partial charge in [0.25, 0.3) is 0 Å². The van der Waals surface area contributed by atoms with Gasteiger partial charge in [0.15, 0.2) is 4.67 Å². The Balaban J connectivity index is 1.98. The normalized spacial score (nSPS) is 12.6. The Morgan fingerprint density at radius 2 is 2.00 bits per heavy atom. The molecule has 0 saturated carbocycles. The van der Waals surface area contributed by atoms with Crippen LogP contribution in [0.3, 0.4) is 0 Å². The summed E-state index contributed by atoms with van der Waals surface area (Å²) < 4.78 is 6.23. The molecule has 2 nitrogen and oxygen atoms in total. The van der Waals surface area contributed by atoms with E-state index in [4.69, 9.17) is 4.42 Å². The maximum atomic E-state index is 5.45. The highest BCUT2D eigenvalue weighted by Gasteiger charge is 2.08. The van der Waals surface area contributed by atoms with Gasteiger partial charge in [-0.25, -0.2) is 0 Å². The first-order valence-electron chi connectivity index (χ1n) is 5.70. The van der Waals surface area contributed by atoms with E-state index in [1.165, 1.54) is 11.1 Å². The van der Waals surface area contributed by atoms with Crippen molar-refractivity contribution >= 4 is 15.9 Å². The summed E-state index contributed by atoms with van der Waals surface area (Å²) in [5.74, 6) is 0.942. The van der Waals surface area contributed by atoms with Crippen molar-refractivity contribution in [3.05, 3.63) is 58.0 Å². The summed E-state index contributed by atoms with van der Waals surface area (Å²) in [5, 5.41) is 3.45. The minimum atomic E-state index is 0.320. The van der Waals surface area contributed by atoms with Gasteiger partial charge in [-0.05, 0) is 53.0 Å². The molecule has 0 spiro atoms. The second kappa shape index (κ2) is 5.52. The summed E-state index contributed by atoms with van der Waals surface area (Å²) >= 11 is 3.30. The summed E-state index contributed by atoms with van der Waals surface area (Å²) in [7, 11) is 0. The van der Waals surface area contributed by atoms with Crippen molar-refractivity contribution in [2.75, 3.05) is 0 Å². The number of hydrogen-bond donors (Lipinski definition) is 1. The third kappa shape index (κ3) is 3.20. The fourth-order valence-electron chi connectivity index (χ4n) is 1.88. The van der Waals surface area contributed by atoms with E-state index in [0.29, 0.717) is 6.04 Å². The molecule has 0 fully saturated rings. The maximum absolute atomic E-state index is 5.45. The second-order valence-corrected chi connectivity index (χ2v) is 4.95. The molecule has 1 aromatic carbocycles. The van der Waals surface area contributed by atoms with E-state index in [0.717, 1.165) is 17.0 Å². The molecular formula is C14H16BrNO. The van der Waals surface area contributed by atoms with Crippen LogP contribution < -0.4 is 5.32 Å². The summed E-state index contributed by atoms with van der Waals surface area (Å²) in [6.07, 6.45) is 0. The van der Waals surface area contributed by atoms with Gasteiger partial charge in [0.2, 0.25) is 0 Å². The molecule has 0 aliphatic heterocycles. The molecule has 1 N–H and O–H groups in total. The molecular weight excluding hydrogens is 278 g/mol. The molecule has 0 aliphatic rings. The van der Waals surface area contributed by atoms with E-state index in [2.05, 4.69) is 59.4 Å². The van der Waals surface area contributed by atoms with Gasteiger partial charge < -0.3 is 9.73 Å². The van der Waals surface area contributed by atoms with Crippen LogP contribution in [0.4, 0.5) is 0 Å². The highest BCUT2D eigenvalue weighted by Crippen LogP contribution is 2.18. The molecule has 0 bridgehead atoms. The molecule has 0 amide bonds. The third-order valence-corrected chi connectivity index (χ3v) is 3.29. The number of furan rings is 1. The van der Waals surface area contributed by atoms with E-state index in [9.17, 15) is 0 Å². The van der Waals surface area contributed by atoms with Crippen molar-refractivity contribution in [1.82, 2.24) is 5.32 Å². The Labute approximate surface area is 110 Å². The van der Waals surface area contributed by atoms with Gasteiger partial charge >= 0.3 is 0 Å². The first kappa shape index (κ1) is 12.4. The topological polar surface area (TPSA) is 25.2 Å². The fraction of sp³-hybridized carbons (Fsp3) is 0.286. The van der Waals surface area contributed by atoms with Crippen LogP contribution in [0.1, 0.15) is 29.9 Å². The van der Waals surface area contributed by atoms with E-state index in [-0.39, 0.29) is 0 Å². The van der Waals surface area contributed by atoms with Gasteiger partial charge in [0, 0.05) is 6.04 Å². The molecule has 90 valence electrons. The predicted octanol–water partition coefficient (Wildman–Crippen LogP) is 4.20. The molecule has 0 unspecified atom stereocenters. The third-order valence-electron chi connectivity index (χ3n) is 2.87. The maximum Gasteiger partial charge on any atom is 0.169 e. The van der Waals surface area contributed by atoms with Gasteiger partial charge in [-0.2, -0.15) is 0 Å². The van der Waals surface area contributed by atoms with Crippen LogP contribution in [-0.4, -0.2) is 0 Å². The highest BCUT2D eigenvalue weighted by molar-refractivity contribution is 9.10. The first-order valence-corrected chi connectivity index (χ1v) is 6.49. The zero-order valence-corrected chi connectivity index (χ0v) is 11.6. The number of rotatable bonds is 4. The molecule has 17 heavy (non-hydrogen) atoms. The van der Waals surface area contributed by atoms with Crippen LogP contribution in [0.5, 0.6) is 0 Å². The molecule has 1 atom stereocenters. The largest absolute Gasteiger partial charge is 0.453 e. The van der Waals surface area contributed by atoms with Crippen molar-refractivity contribution in [2.45, 2.75) is 26.4 Å². The lowest BCUT2D eigenvalue weighted by Crippen LogP contribution is -2.18. The van der Waals surface area contributed by atoms with Crippen LogP contribution in [0.2, 0.25) is 0 Å². The van der Waals surface area contributed by atoms with Gasteiger partial charge in [-0.3, -0.25) is 0 Å². The Morgan fingerprint density at radius 1 is 1.24 bits per heavy atom. The monoisotopic (exact) mass is 293 g/mol. The van der Waals surface area contributed by atoms with E-state index < -0.39 is 0 Å². The molecule has 2 aromatic rings. The summed E-state index contributed by atoms with van der Waals surface area (Å²) in [6.45, 7) is 5.04. The smallest absolute Gasteiger partial charge is 0.169 e. The summed E-state index contributed by atoms with van der Waals surface area (Å²) in [4.78, 5) is 0. The number of hydrogen-bond acceptors (Lipinski definition) is 2. The van der Waals surface area contributed by atoms with Crippen molar-refractivity contribution in [1.29, 1.82) is 0 Å². The number of benzene rings is 1. The van der Waals surface area contributed by atoms with Gasteiger partial charge in [-0.15, -0.1) is 0 Å². The fourth-order valence-corrected chi connectivity index (χ4v) is 2.22. The minimum absolute atomic E-state index is 0.320. The molecule has 3 heteroatoms. The van der Waals surface area contributed by atoms with Crippen LogP contribution in [-0.2, 0) is 6.54 Å². The zero-order valence-electron chi connectivity index (χ0n) is 10.0. The predicted molar refractivity (Wildman–Crippen MR) is 72.8 cm³/mol. The molecule has 0 aliphatic carbocycles. The minimum Gasteiger partial charge on any atom is -0.453 e. The second-order valence-electron chi connectivity index (χ2n) is 4.16. The lowest BCUT2D eigenvalue weighted by Gasteiger charge is -2.15. The van der Waals surface area contributed by atoms with E-state index in [1.54, 1.807) is 0 Å². The SMILES string of the molecule is Cc1ccccc1[C@H](C)NCc1ccc(Br)o1. The van der Waals surface area contributed by atoms with Crippen LogP contribution in [0, 0.1) is 6.92 Å². The molecule has 0 radical (unpaired) electrons. The van der Waals surface area contributed by atoms with Crippen molar-refractivity contribution < 1.29 is 4.42 Å². The van der Waals surface area contributed by atoms with Gasteiger partial charge in [-0.1, -0.05) is 24.3 Å². The first-order chi connectivity index (χ1) is 8.16. The number of halogens is 1.